The van der Waals surface area contributed by atoms with Crippen LogP contribution in [0.4, 0.5) is 0 Å². The number of rotatable bonds is 7. The van der Waals surface area contributed by atoms with Gasteiger partial charge in [-0.25, -0.2) is 0 Å². The van der Waals surface area contributed by atoms with Gasteiger partial charge in [-0.2, -0.15) is 5.10 Å². The molecule has 2 aromatic rings. The van der Waals surface area contributed by atoms with Crippen molar-refractivity contribution >= 4 is 0 Å². The van der Waals surface area contributed by atoms with Gasteiger partial charge in [-0.05, 0) is 43.0 Å². The topological polar surface area (TPSA) is 27.1 Å². The molecular weight excluding hydrogens is 248 g/mol. The van der Waals surface area contributed by atoms with Gasteiger partial charge in [0.15, 0.2) is 0 Å². The molecule has 0 fully saturated rings. The van der Waals surface area contributed by atoms with Crippen LogP contribution in [-0.4, -0.2) is 9.78 Å². The van der Waals surface area contributed by atoms with Crippen LogP contribution in [0.3, 0.4) is 0 Å². The Kier molecular flexibility index (Phi) is 5.22. The van der Waals surface area contributed by atoms with E-state index in [1.165, 1.54) is 5.56 Å². The monoisotopic (exact) mass is 272 g/mol. The second-order valence-corrected chi connectivity index (χ2v) is 5.05. The number of ether oxygens (including phenoxy) is 1. The van der Waals surface area contributed by atoms with Crippen LogP contribution < -0.4 is 4.74 Å². The van der Waals surface area contributed by atoms with E-state index in [0.29, 0.717) is 12.6 Å². The van der Waals surface area contributed by atoms with Crippen molar-refractivity contribution < 1.29 is 4.74 Å². The average molecular weight is 272 g/mol. The van der Waals surface area contributed by atoms with Crippen LogP contribution in [0.25, 0.3) is 0 Å². The number of aryl methyl sites for hydroxylation is 1. The molecule has 2 rings (SSSR count). The Morgan fingerprint density at radius 2 is 1.95 bits per heavy atom. The molecule has 1 aromatic carbocycles. The van der Waals surface area contributed by atoms with Gasteiger partial charge in [0.1, 0.15) is 12.4 Å². The van der Waals surface area contributed by atoms with Crippen LogP contribution in [0.2, 0.25) is 0 Å². The number of benzene rings is 1. The standard InChI is InChI=1S/C17H24N2O/c1-4-14-8-7-9-17(12-14)20-13-15-10-11-19(18-15)16(5-2)6-3/h7-12,16H,4-6,13H2,1-3H3. The maximum atomic E-state index is 5.82. The van der Waals surface area contributed by atoms with Gasteiger partial charge in [-0.15, -0.1) is 0 Å². The lowest BCUT2D eigenvalue weighted by Gasteiger charge is -2.12. The smallest absolute Gasteiger partial charge is 0.132 e. The third kappa shape index (κ3) is 3.62. The number of hydrogen-bond acceptors (Lipinski definition) is 2. The molecule has 3 nitrogen and oxygen atoms in total. The zero-order valence-electron chi connectivity index (χ0n) is 12.7. The molecule has 0 aliphatic rings. The quantitative estimate of drug-likeness (QED) is 0.747. The molecular formula is C17H24N2O. The third-order valence-electron chi connectivity index (χ3n) is 3.67. The van der Waals surface area contributed by atoms with Gasteiger partial charge >= 0.3 is 0 Å². The molecule has 1 heterocycles. The van der Waals surface area contributed by atoms with E-state index in [9.17, 15) is 0 Å². The van der Waals surface area contributed by atoms with Crippen molar-refractivity contribution in [2.24, 2.45) is 0 Å². The summed E-state index contributed by atoms with van der Waals surface area (Å²) >= 11 is 0. The molecule has 1 aromatic heterocycles. The summed E-state index contributed by atoms with van der Waals surface area (Å²) in [6.07, 6.45) is 5.30. The number of nitrogens with zero attached hydrogens (tertiary/aromatic N) is 2. The predicted octanol–water partition coefficient (Wildman–Crippen LogP) is 4.39. The van der Waals surface area contributed by atoms with E-state index in [-0.39, 0.29) is 0 Å². The van der Waals surface area contributed by atoms with Crippen molar-refractivity contribution in [3.8, 4) is 5.75 Å². The van der Waals surface area contributed by atoms with Crippen LogP contribution in [0.5, 0.6) is 5.75 Å². The summed E-state index contributed by atoms with van der Waals surface area (Å²) in [7, 11) is 0. The van der Waals surface area contributed by atoms with E-state index < -0.39 is 0 Å². The van der Waals surface area contributed by atoms with Gasteiger partial charge in [-0.3, -0.25) is 4.68 Å². The molecule has 3 heteroatoms. The van der Waals surface area contributed by atoms with Gasteiger partial charge in [0.05, 0.1) is 11.7 Å². The molecule has 20 heavy (non-hydrogen) atoms. The lowest BCUT2D eigenvalue weighted by atomic mass is 10.2. The molecule has 0 radical (unpaired) electrons. The van der Waals surface area contributed by atoms with E-state index in [1.54, 1.807) is 0 Å². The van der Waals surface area contributed by atoms with Crippen molar-refractivity contribution in [1.82, 2.24) is 9.78 Å². The van der Waals surface area contributed by atoms with Crippen molar-refractivity contribution in [2.75, 3.05) is 0 Å². The largest absolute Gasteiger partial charge is 0.487 e. The van der Waals surface area contributed by atoms with Crippen molar-refractivity contribution in [2.45, 2.75) is 52.7 Å². The second-order valence-electron chi connectivity index (χ2n) is 5.05. The summed E-state index contributed by atoms with van der Waals surface area (Å²) in [6.45, 7) is 7.07. The molecule has 0 unspecified atom stereocenters. The SMILES string of the molecule is CCc1cccc(OCc2ccn(C(CC)CC)n2)c1. The van der Waals surface area contributed by atoms with Crippen molar-refractivity contribution in [1.29, 1.82) is 0 Å². The van der Waals surface area contributed by atoms with Crippen LogP contribution in [0.1, 0.15) is 50.9 Å². The summed E-state index contributed by atoms with van der Waals surface area (Å²) in [5.41, 5.74) is 2.28. The highest BCUT2D eigenvalue weighted by atomic mass is 16.5. The minimum Gasteiger partial charge on any atom is -0.487 e. The van der Waals surface area contributed by atoms with Gasteiger partial charge in [0.2, 0.25) is 0 Å². The lowest BCUT2D eigenvalue weighted by Crippen LogP contribution is -2.08. The molecule has 0 bridgehead atoms. The maximum Gasteiger partial charge on any atom is 0.132 e. The zero-order chi connectivity index (χ0) is 14.4. The van der Waals surface area contributed by atoms with Crippen LogP contribution in [-0.2, 0) is 13.0 Å². The summed E-state index contributed by atoms with van der Waals surface area (Å²) in [4.78, 5) is 0. The van der Waals surface area contributed by atoms with Crippen LogP contribution >= 0.6 is 0 Å². The molecule has 0 spiro atoms. The highest BCUT2D eigenvalue weighted by Gasteiger charge is 2.08. The fraction of sp³-hybridized carbons (Fsp3) is 0.471. The van der Waals surface area contributed by atoms with Crippen molar-refractivity contribution in [3.63, 3.8) is 0 Å². The fourth-order valence-electron chi connectivity index (χ4n) is 2.33. The third-order valence-corrected chi connectivity index (χ3v) is 3.67. The summed E-state index contributed by atoms with van der Waals surface area (Å²) < 4.78 is 7.88. The first kappa shape index (κ1) is 14.6. The van der Waals surface area contributed by atoms with E-state index >= 15 is 0 Å². The lowest BCUT2D eigenvalue weighted by molar-refractivity contribution is 0.297. The van der Waals surface area contributed by atoms with E-state index in [2.05, 4.69) is 48.9 Å². The maximum absolute atomic E-state index is 5.82. The second kappa shape index (κ2) is 7.13. The highest BCUT2D eigenvalue weighted by Crippen LogP contribution is 2.17. The molecule has 108 valence electrons. The first-order chi connectivity index (χ1) is 9.76. The van der Waals surface area contributed by atoms with Gasteiger partial charge in [0, 0.05) is 6.20 Å². The molecule has 0 N–H and O–H groups in total. The Morgan fingerprint density at radius 3 is 2.65 bits per heavy atom. The molecule has 0 saturated heterocycles. The molecule has 0 amide bonds. The summed E-state index contributed by atoms with van der Waals surface area (Å²) in [5, 5.41) is 4.60. The van der Waals surface area contributed by atoms with Gasteiger partial charge < -0.3 is 4.74 Å². The van der Waals surface area contributed by atoms with E-state index in [4.69, 9.17) is 4.74 Å². The Morgan fingerprint density at radius 1 is 1.15 bits per heavy atom. The summed E-state index contributed by atoms with van der Waals surface area (Å²) in [6, 6.07) is 10.8. The first-order valence-corrected chi connectivity index (χ1v) is 7.52. The fourth-order valence-corrected chi connectivity index (χ4v) is 2.33. The average Bonchev–Trinajstić information content (AvgIpc) is 2.95. The molecule has 0 atom stereocenters. The highest BCUT2D eigenvalue weighted by molar-refractivity contribution is 5.28. The van der Waals surface area contributed by atoms with Gasteiger partial charge in [-0.1, -0.05) is 32.9 Å². The molecule has 0 saturated carbocycles. The normalized spacial score (nSPS) is 11.0. The van der Waals surface area contributed by atoms with Gasteiger partial charge in [0.25, 0.3) is 0 Å². The Hall–Kier alpha value is -1.77. The Balaban J connectivity index is 1.97. The predicted molar refractivity (Wildman–Crippen MR) is 82.0 cm³/mol. The minimum atomic E-state index is 0.493. The molecule has 0 aliphatic heterocycles. The Bertz CT molecular complexity index is 529. The van der Waals surface area contributed by atoms with Crippen LogP contribution in [0, 0.1) is 0 Å². The zero-order valence-corrected chi connectivity index (χ0v) is 12.7. The molecule has 0 aliphatic carbocycles. The number of aromatic nitrogens is 2. The number of hydrogen-bond donors (Lipinski definition) is 0. The van der Waals surface area contributed by atoms with Crippen molar-refractivity contribution in [3.05, 3.63) is 47.8 Å². The Labute approximate surface area is 121 Å². The van der Waals surface area contributed by atoms with E-state index in [1.807, 2.05) is 18.2 Å². The minimum absolute atomic E-state index is 0.493. The van der Waals surface area contributed by atoms with E-state index in [0.717, 1.165) is 30.7 Å². The first-order valence-electron chi connectivity index (χ1n) is 7.52. The van der Waals surface area contributed by atoms with Crippen LogP contribution in [0.15, 0.2) is 36.5 Å². The summed E-state index contributed by atoms with van der Waals surface area (Å²) in [5.74, 6) is 0.918.